The molecule has 0 bridgehead atoms. The van der Waals surface area contributed by atoms with E-state index in [9.17, 15) is 14.4 Å². The number of carbonyl (C=O) groups is 3. The zero-order valence-electron chi connectivity index (χ0n) is 10.5. The number of nitrogens with zero attached hydrogens (tertiary/aromatic N) is 2. The molecule has 1 aliphatic heterocycles. The fourth-order valence-electron chi connectivity index (χ4n) is 1.83. The van der Waals surface area contributed by atoms with Crippen LogP contribution in [0.25, 0.3) is 0 Å². The summed E-state index contributed by atoms with van der Waals surface area (Å²) in [6.45, 7) is 3.16. The zero-order valence-corrected chi connectivity index (χ0v) is 10.5. The number of urea groups is 1. The Bertz CT molecular complexity index is 332. The third-order valence-corrected chi connectivity index (χ3v) is 2.67. The van der Waals surface area contributed by atoms with Crippen molar-refractivity contribution in [2.45, 2.75) is 19.8 Å². The van der Waals surface area contributed by atoms with E-state index in [1.165, 1.54) is 9.80 Å². The van der Waals surface area contributed by atoms with Gasteiger partial charge < -0.3 is 20.2 Å². The topological polar surface area (TPSA) is 90.0 Å². The van der Waals surface area contributed by atoms with Crippen molar-refractivity contribution in [1.29, 1.82) is 0 Å². The minimum absolute atomic E-state index is 0.0782. The molecule has 0 radical (unpaired) electrons. The molecular formula is C11H19N3O4. The molecule has 0 aromatic rings. The van der Waals surface area contributed by atoms with Crippen LogP contribution in [0.5, 0.6) is 0 Å². The van der Waals surface area contributed by atoms with Gasteiger partial charge >= 0.3 is 12.0 Å². The lowest BCUT2D eigenvalue weighted by molar-refractivity contribution is -0.137. The lowest BCUT2D eigenvalue weighted by Gasteiger charge is -2.28. The maximum atomic E-state index is 12.1. The SMILES string of the molecule is CCCN(CC(=O)O)C(=O)N1CCNC(=O)CC1. The standard InChI is InChI=1S/C11H19N3O4/c1-2-5-14(8-10(16)17)11(18)13-6-3-9(15)12-4-7-13/h2-8H2,1H3,(H,12,15)(H,16,17). The second-order valence-electron chi connectivity index (χ2n) is 4.18. The Morgan fingerprint density at radius 3 is 2.78 bits per heavy atom. The Morgan fingerprint density at radius 1 is 1.44 bits per heavy atom. The van der Waals surface area contributed by atoms with Crippen molar-refractivity contribution < 1.29 is 19.5 Å². The van der Waals surface area contributed by atoms with E-state index in [1.54, 1.807) is 0 Å². The van der Waals surface area contributed by atoms with E-state index in [0.29, 0.717) is 32.6 Å². The first kappa shape index (κ1) is 14.3. The van der Waals surface area contributed by atoms with Gasteiger partial charge in [0.2, 0.25) is 5.91 Å². The molecule has 1 saturated heterocycles. The number of carboxylic acids is 1. The van der Waals surface area contributed by atoms with Crippen LogP contribution in [-0.2, 0) is 9.59 Å². The van der Waals surface area contributed by atoms with E-state index in [0.717, 1.165) is 0 Å². The Hall–Kier alpha value is -1.79. The van der Waals surface area contributed by atoms with Crippen molar-refractivity contribution in [3.8, 4) is 0 Å². The Kier molecular flexibility index (Phi) is 5.41. The van der Waals surface area contributed by atoms with Gasteiger partial charge in [-0.15, -0.1) is 0 Å². The summed E-state index contributed by atoms with van der Waals surface area (Å²) in [4.78, 5) is 36.8. The zero-order chi connectivity index (χ0) is 13.5. The summed E-state index contributed by atoms with van der Waals surface area (Å²) >= 11 is 0. The van der Waals surface area contributed by atoms with Crippen LogP contribution in [0, 0.1) is 0 Å². The van der Waals surface area contributed by atoms with Crippen LogP contribution in [0.4, 0.5) is 4.79 Å². The summed E-state index contributed by atoms with van der Waals surface area (Å²) in [6, 6.07) is -0.309. The number of nitrogens with one attached hydrogen (secondary N) is 1. The largest absolute Gasteiger partial charge is 0.480 e. The van der Waals surface area contributed by atoms with Crippen molar-refractivity contribution >= 4 is 17.9 Å². The van der Waals surface area contributed by atoms with E-state index in [1.807, 2.05) is 6.92 Å². The molecule has 102 valence electrons. The predicted octanol–water partition coefficient (Wildman–Crippen LogP) is -0.275. The molecule has 0 spiro atoms. The second kappa shape index (κ2) is 6.83. The number of carbonyl (C=O) groups excluding carboxylic acids is 2. The van der Waals surface area contributed by atoms with Gasteiger partial charge in [0.15, 0.2) is 0 Å². The van der Waals surface area contributed by atoms with Crippen LogP contribution < -0.4 is 5.32 Å². The van der Waals surface area contributed by atoms with Gasteiger partial charge in [-0.25, -0.2) is 4.79 Å². The third-order valence-electron chi connectivity index (χ3n) is 2.67. The molecule has 2 N–H and O–H groups in total. The quantitative estimate of drug-likeness (QED) is 0.725. The van der Waals surface area contributed by atoms with Crippen molar-refractivity contribution in [3.63, 3.8) is 0 Å². The number of amides is 3. The monoisotopic (exact) mass is 257 g/mol. The first-order valence-corrected chi connectivity index (χ1v) is 6.07. The molecule has 7 nitrogen and oxygen atoms in total. The Balaban J connectivity index is 2.63. The Morgan fingerprint density at radius 2 is 2.17 bits per heavy atom. The number of carboxylic acid groups (broad SMARTS) is 1. The summed E-state index contributed by atoms with van der Waals surface area (Å²) in [5.41, 5.74) is 0. The van der Waals surface area contributed by atoms with Gasteiger partial charge in [-0.2, -0.15) is 0 Å². The maximum Gasteiger partial charge on any atom is 0.323 e. The maximum absolute atomic E-state index is 12.1. The minimum atomic E-state index is -1.03. The fraction of sp³-hybridized carbons (Fsp3) is 0.727. The second-order valence-corrected chi connectivity index (χ2v) is 4.18. The average Bonchev–Trinajstić information content (AvgIpc) is 2.52. The Labute approximate surface area is 106 Å². The number of hydrogen-bond acceptors (Lipinski definition) is 3. The van der Waals surface area contributed by atoms with Crippen LogP contribution in [-0.4, -0.2) is 65.5 Å². The van der Waals surface area contributed by atoms with Gasteiger partial charge in [-0.3, -0.25) is 9.59 Å². The van der Waals surface area contributed by atoms with Crippen molar-refractivity contribution in [2.24, 2.45) is 0 Å². The summed E-state index contributed by atoms with van der Waals surface area (Å²) in [6.07, 6.45) is 0.961. The molecule has 0 saturated carbocycles. The van der Waals surface area contributed by atoms with Crippen LogP contribution >= 0.6 is 0 Å². The number of rotatable bonds is 4. The lowest BCUT2D eigenvalue weighted by Crippen LogP contribution is -2.46. The van der Waals surface area contributed by atoms with Crippen molar-refractivity contribution in [3.05, 3.63) is 0 Å². The molecule has 18 heavy (non-hydrogen) atoms. The minimum Gasteiger partial charge on any atom is -0.480 e. The van der Waals surface area contributed by atoms with Crippen LogP contribution in [0.15, 0.2) is 0 Å². The highest BCUT2D eigenvalue weighted by atomic mass is 16.4. The van der Waals surface area contributed by atoms with E-state index in [-0.39, 0.29) is 24.9 Å². The molecule has 3 amide bonds. The molecule has 1 fully saturated rings. The predicted molar refractivity (Wildman–Crippen MR) is 64.1 cm³/mol. The first-order valence-electron chi connectivity index (χ1n) is 6.07. The van der Waals surface area contributed by atoms with Crippen LogP contribution in [0.1, 0.15) is 19.8 Å². The molecule has 7 heteroatoms. The fourth-order valence-corrected chi connectivity index (χ4v) is 1.83. The highest BCUT2D eigenvalue weighted by Crippen LogP contribution is 2.04. The average molecular weight is 257 g/mol. The van der Waals surface area contributed by atoms with E-state index in [4.69, 9.17) is 5.11 Å². The third kappa shape index (κ3) is 4.23. The van der Waals surface area contributed by atoms with E-state index < -0.39 is 5.97 Å². The molecule has 1 rings (SSSR count). The molecule has 1 heterocycles. The van der Waals surface area contributed by atoms with Gasteiger partial charge in [0.1, 0.15) is 6.54 Å². The van der Waals surface area contributed by atoms with Crippen LogP contribution in [0.3, 0.4) is 0 Å². The van der Waals surface area contributed by atoms with E-state index >= 15 is 0 Å². The van der Waals surface area contributed by atoms with Crippen molar-refractivity contribution in [1.82, 2.24) is 15.1 Å². The summed E-state index contributed by atoms with van der Waals surface area (Å²) in [5.74, 6) is -1.11. The lowest BCUT2D eigenvalue weighted by atomic mass is 10.3. The molecule has 0 unspecified atom stereocenters. The smallest absolute Gasteiger partial charge is 0.323 e. The van der Waals surface area contributed by atoms with Gasteiger partial charge in [0.25, 0.3) is 0 Å². The van der Waals surface area contributed by atoms with E-state index in [2.05, 4.69) is 5.32 Å². The molecule has 0 aromatic heterocycles. The van der Waals surface area contributed by atoms with Crippen LogP contribution in [0.2, 0.25) is 0 Å². The summed E-state index contributed by atoms with van der Waals surface area (Å²) in [5, 5.41) is 11.4. The number of hydrogen-bond donors (Lipinski definition) is 2. The summed E-state index contributed by atoms with van der Waals surface area (Å²) < 4.78 is 0. The summed E-state index contributed by atoms with van der Waals surface area (Å²) in [7, 11) is 0. The van der Waals surface area contributed by atoms with Gasteiger partial charge in [-0.1, -0.05) is 6.92 Å². The molecule has 1 aliphatic rings. The van der Waals surface area contributed by atoms with Gasteiger partial charge in [0.05, 0.1) is 0 Å². The molecule has 0 atom stereocenters. The first-order chi connectivity index (χ1) is 8.54. The van der Waals surface area contributed by atoms with Crippen molar-refractivity contribution in [2.75, 3.05) is 32.7 Å². The highest BCUT2D eigenvalue weighted by Gasteiger charge is 2.24. The molecule has 0 aliphatic carbocycles. The van der Waals surface area contributed by atoms with Gasteiger partial charge in [-0.05, 0) is 6.42 Å². The highest BCUT2D eigenvalue weighted by molar-refractivity contribution is 5.82. The van der Waals surface area contributed by atoms with Gasteiger partial charge in [0, 0.05) is 32.6 Å². The molecular weight excluding hydrogens is 238 g/mol. The molecule has 0 aromatic carbocycles. The normalized spacial score (nSPS) is 15.8. The number of aliphatic carboxylic acids is 1.